The molecule has 0 radical (unpaired) electrons. The van der Waals surface area contributed by atoms with Crippen LogP contribution in [0.5, 0.6) is 0 Å². The zero-order valence-corrected chi connectivity index (χ0v) is 12.9. The van der Waals surface area contributed by atoms with Gasteiger partial charge >= 0.3 is 5.97 Å². The number of ether oxygens (including phenoxy) is 1. The van der Waals surface area contributed by atoms with Crippen LogP contribution in [0.4, 0.5) is 8.78 Å². The Labute approximate surface area is 126 Å². The topological polar surface area (TPSA) is 39.2 Å². The zero-order chi connectivity index (χ0) is 14.7. The van der Waals surface area contributed by atoms with E-state index in [9.17, 15) is 13.6 Å². The van der Waals surface area contributed by atoms with E-state index in [4.69, 9.17) is 4.74 Å². The molecule has 0 aliphatic carbocycles. The standard InChI is InChI=1S/C13H10BrF2NO2S/c1-2-19-12(18)11-10(17-13(14)20-11)6-7-3-4-8(15)9(16)5-7/h3-5H,2,6H2,1H3. The Morgan fingerprint density at radius 2 is 2.15 bits per heavy atom. The molecule has 0 aliphatic rings. The molecule has 0 aliphatic heterocycles. The third kappa shape index (κ3) is 3.40. The number of halogens is 3. The number of carbonyl (C=O) groups is 1. The van der Waals surface area contributed by atoms with Crippen LogP contribution in [0.15, 0.2) is 22.1 Å². The van der Waals surface area contributed by atoms with Crippen LogP contribution in [-0.2, 0) is 11.2 Å². The molecule has 7 heteroatoms. The van der Waals surface area contributed by atoms with Crippen LogP contribution in [0, 0.1) is 11.6 Å². The highest BCUT2D eigenvalue weighted by Crippen LogP contribution is 2.26. The minimum absolute atomic E-state index is 0.230. The van der Waals surface area contributed by atoms with Crippen LogP contribution in [0.3, 0.4) is 0 Å². The van der Waals surface area contributed by atoms with Gasteiger partial charge in [0.15, 0.2) is 15.6 Å². The molecule has 0 amide bonds. The van der Waals surface area contributed by atoms with Crippen LogP contribution >= 0.6 is 27.3 Å². The van der Waals surface area contributed by atoms with Gasteiger partial charge in [-0.05, 0) is 40.5 Å². The van der Waals surface area contributed by atoms with E-state index >= 15 is 0 Å². The molecule has 2 rings (SSSR count). The Kier molecular flexibility index (Phi) is 4.82. The van der Waals surface area contributed by atoms with Crippen molar-refractivity contribution in [3.05, 3.63) is 49.9 Å². The molecule has 1 aromatic heterocycles. The number of thiazole rings is 1. The molecule has 0 N–H and O–H groups in total. The quantitative estimate of drug-likeness (QED) is 0.774. The second-order valence-electron chi connectivity index (χ2n) is 3.89. The summed E-state index contributed by atoms with van der Waals surface area (Å²) < 4.78 is 31.5. The summed E-state index contributed by atoms with van der Waals surface area (Å²) in [5.74, 6) is -2.29. The molecular weight excluding hydrogens is 352 g/mol. The first-order valence-electron chi connectivity index (χ1n) is 5.77. The van der Waals surface area contributed by atoms with Crippen molar-refractivity contribution < 1.29 is 18.3 Å². The Morgan fingerprint density at radius 3 is 2.80 bits per heavy atom. The van der Waals surface area contributed by atoms with Gasteiger partial charge in [0.05, 0.1) is 12.3 Å². The lowest BCUT2D eigenvalue weighted by Crippen LogP contribution is -2.06. The number of aromatic nitrogens is 1. The number of carbonyl (C=O) groups excluding carboxylic acids is 1. The second-order valence-corrected chi connectivity index (χ2v) is 6.16. The summed E-state index contributed by atoms with van der Waals surface area (Å²) in [4.78, 5) is 16.3. The molecule has 0 saturated heterocycles. The molecule has 0 bridgehead atoms. The highest BCUT2D eigenvalue weighted by atomic mass is 79.9. The van der Waals surface area contributed by atoms with E-state index in [0.717, 1.165) is 23.5 Å². The summed E-state index contributed by atoms with van der Waals surface area (Å²) in [7, 11) is 0. The lowest BCUT2D eigenvalue weighted by atomic mass is 10.1. The fourth-order valence-corrected chi connectivity index (χ4v) is 3.04. The molecule has 1 heterocycles. The molecule has 3 nitrogen and oxygen atoms in total. The SMILES string of the molecule is CCOC(=O)c1sc(Br)nc1Cc1ccc(F)c(F)c1. The molecule has 0 unspecified atom stereocenters. The van der Waals surface area contributed by atoms with Crippen LogP contribution < -0.4 is 0 Å². The van der Waals surface area contributed by atoms with Crippen LogP contribution in [0.1, 0.15) is 27.9 Å². The highest BCUT2D eigenvalue weighted by Gasteiger charge is 2.19. The maximum atomic E-state index is 13.2. The summed E-state index contributed by atoms with van der Waals surface area (Å²) in [5.41, 5.74) is 1.01. The van der Waals surface area contributed by atoms with Crippen molar-refractivity contribution in [3.8, 4) is 0 Å². The Bertz CT molecular complexity index is 645. The van der Waals surface area contributed by atoms with E-state index in [1.54, 1.807) is 6.92 Å². The van der Waals surface area contributed by atoms with E-state index in [1.807, 2.05) is 0 Å². The van der Waals surface area contributed by atoms with Crippen molar-refractivity contribution >= 4 is 33.2 Å². The van der Waals surface area contributed by atoms with Crippen molar-refractivity contribution in [2.24, 2.45) is 0 Å². The van der Waals surface area contributed by atoms with Crippen molar-refractivity contribution in [1.29, 1.82) is 0 Å². The van der Waals surface area contributed by atoms with Gasteiger partial charge in [-0.15, -0.1) is 0 Å². The van der Waals surface area contributed by atoms with Crippen molar-refractivity contribution in [3.63, 3.8) is 0 Å². The zero-order valence-electron chi connectivity index (χ0n) is 10.5. The first-order chi connectivity index (χ1) is 9.51. The Morgan fingerprint density at radius 1 is 1.40 bits per heavy atom. The molecular formula is C13H10BrF2NO2S. The van der Waals surface area contributed by atoms with Crippen molar-refractivity contribution in [2.75, 3.05) is 6.61 Å². The smallest absolute Gasteiger partial charge is 0.350 e. The van der Waals surface area contributed by atoms with Crippen LogP contribution in [0.2, 0.25) is 0 Å². The number of benzene rings is 1. The summed E-state index contributed by atoms with van der Waals surface area (Å²) in [6.07, 6.45) is 0.230. The van der Waals surface area contributed by atoms with Gasteiger partial charge in [0.25, 0.3) is 0 Å². The second kappa shape index (κ2) is 6.41. The molecule has 0 saturated carbocycles. The van der Waals surface area contributed by atoms with E-state index in [0.29, 0.717) is 20.1 Å². The third-order valence-corrected chi connectivity index (χ3v) is 4.02. The maximum absolute atomic E-state index is 13.2. The molecule has 2 aromatic rings. The first kappa shape index (κ1) is 15.1. The van der Waals surface area contributed by atoms with Gasteiger partial charge in [0, 0.05) is 6.42 Å². The van der Waals surface area contributed by atoms with Gasteiger partial charge in [-0.3, -0.25) is 0 Å². The molecule has 0 atom stereocenters. The minimum Gasteiger partial charge on any atom is -0.462 e. The summed E-state index contributed by atoms with van der Waals surface area (Å²) in [6.45, 7) is 1.97. The monoisotopic (exact) mass is 361 g/mol. The molecule has 0 spiro atoms. The number of nitrogens with zero attached hydrogens (tertiary/aromatic N) is 1. The van der Waals surface area contributed by atoms with Gasteiger partial charge in [0.1, 0.15) is 4.88 Å². The largest absolute Gasteiger partial charge is 0.462 e. The average Bonchev–Trinajstić information content (AvgIpc) is 2.75. The highest BCUT2D eigenvalue weighted by molar-refractivity contribution is 9.11. The molecule has 106 valence electrons. The van der Waals surface area contributed by atoms with E-state index < -0.39 is 17.6 Å². The lowest BCUT2D eigenvalue weighted by Gasteiger charge is -2.03. The minimum atomic E-state index is -0.922. The Hall–Kier alpha value is -1.34. The fraction of sp³-hybridized carbons (Fsp3) is 0.231. The molecule has 1 aromatic carbocycles. The van der Waals surface area contributed by atoms with Crippen molar-refractivity contribution in [1.82, 2.24) is 4.98 Å². The predicted molar refractivity (Wildman–Crippen MR) is 74.9 cm³/mol. The van der Waals surface area contributed by atoms with Crippen molar-refractivity contribution in [2.45, 2.75) is 13.3 Å². The number of esters is 1. The summed E-state index contributed by atoms with van der Waals surface area (Å²) in [6, 6.07) is 3.61. The summed E-state index contributed by atoms with van der Waals surface area (Å²) >= 11 is 4.36. The maximum Gasteiger partial charge on any atom is 0.350 e. The lowest BCUT2D eigenvalue weighted by molar-refractivity contribution is 0.0530. The first-order valence-corrected chi connectivity index (χ1v) is 7.38. The summed E-state index contributed by atoms with van der Waals surface area (Å²) in [5, 5.41) is 0. The van der Waals surface area contributed by atoms with Gasteiger partial charge in [0.2, 0.25) is 0 Å². The van der Waals surface area contributed by atoms with E-state index in [-0.39, 0.29) is 13.0 Å². The van der Waals surface area contributed by atoms with Crippen LogP contribution in [0.25, 0.3) is 0 Å². The fourth-order valence-electron chi connectivity index (χ4n) is 1.64. The molecule has 0 fully saturated rings. The third-order valence-electron chi connectivity index (χ3n) is 2.49. The van der Waals surface area contributed by atoms with Gasteiger partial charge in [-0.25, -0.2) is 18.6 Å². The normalized spacial score (nSPS) is 10.6. The van der Waals surface area contributed by atoms with Gasteiger partial charge in [-0.1, -0.05) is 17.4 Å². The molecule has 20 heavy (non-hydrogen) atoms. The average molecular weight is 362 g/mol. The van der Waals surface area contributed by atoms with E-state index in [1.165, 1.54) is 6.07 Å². The van der Waals surface area contributed by atoms with E-state index in [2.05, 4.69) is 20.9 Å². The number of hydrogen-bond acceptors (Lipinski definition) is 4. The Balaban J connectivity index is 2.28. The predicted octanol–water partition coefficient (Wildman–Crippen LogP) is 3.95. The van der Waals surface area contributed by atoms with Gasteiger partial charge in [-0.2, -0.15) is 0 Å². The number of rotatable bonds is 4. The van der Waals surface area contributed by atoms with Gasteiger partial charge < -0.3 is 4.74 Å². The number of hydrogen-bond donors (Lipinski definition) is 0. The van der Waals surface area contributed by atoms with Crippen LogP contribution in [-0.4, -0.2) is 17.6 Å².